The lowest BCUT2D eigenvalue weighted by Crippen LogP contribution is -2.48. The maximum atomic E-state index is 13.5. The summed E-state index contributed by atoms with van der Waals surface area (Å²) < 4.78 is 5.49. The highest BCUT2D eigenvalue weighted by Crippen LogP contribution is 2.44. The average Bonchev–Trinajstić information content (AvgIpc) is 3.51. The molecule has 0 bridgehead atoms. The SMILES string of the molecule is Cc1ccc(N(C(=O)c2ccco2)C2CCN(CCC3(CCCCCC(CO)C(=O)O)CCCCC3)CC2)cc1. The number of hydrogen-bond acceptors (Lipinski definition) is 5. The first kappa shape index (κ1) is 30.3. The summed E-state index contributed by atoms with van der Waals surface area (Å²) in [6, 6.07) is 11.9. The van der Waals surface area contributed by atoms with Crippen LogP contribution in [0.2, 0.25) is 0 Å². The van der Waals surface area contributed by atoms with E-state index in [1.54, 1.807) is 18.4 Å². The maximum absolute atomic E-state index is 13.5. The molecule has 2 N–H and O–H groups in total. The molecule has 2 fully saturated rings. The van der Waals surface area contributed by atoms with Crippen LogP contribution in [-0.4, -0.2) is 59.3 Å². The molecule has 1 unspecified atom stereocenters. The molecule has 1 atom stereocenters. The van der Waals surface area contributed by atoms with E-state index in [1.807, 2.05) is 17.0 Å². The summed E-state index contributed by atoms with van der Waals surface area (Å²) in [7, 11) is 0. The Labute approximate surface area is 239 Å². The Hall–Kier alpha value is -2.64. The molecule has 2 heterocycles. The normalized spacial score (nSPS) is 18.9. The highest BCUT2D eigenvalue weighted by atomic mass is 16.4. The van der Waals surface area contributed by atoms with E-state index in [0.717, 1.165) is 57.4 Å². The van der Waals surface area contributed by atoms with Crippen LogP contribution in [0.25, 0.3) is 0 Å². The van der Waals surface area contributed by atoms with Gasteiger partial charge in [0.1, 0.15) is 0 Å². The summed E-state index contributed by atoms with van der Waals surface area (Å²) in [5.74, 6) is -1.19. The third kappa shape index (κ3) is 8.20. The van der Waals surface area contributed by atoms with Gasteiger partial charge in [0.15, 0.2) is 5.76 Å². The van der Waals surface area contributed by atoms with Crippen molar-refractivity contribution in [3.8, 4) is 0 Å². The molecule has 0 spiro atoms. The molecule has 7 nitrogen and oxygen atoms in total. The van der Waals surface area contributed by atoms with Gasteiger partial charge in [-0.15, -0.1) is 0 Å². The number of furan rings is 1. The Kier molecular flexibility index (Phi) is 11.2. The molecule has 2 aliphatic rings. The number of carbonyl (C=O) groups is 2. The van der Waals surface area contributed by atoms with Crippen LogP contribution in [-0.2, 0) is 4.79 Å². The van der Waals surface area contributed by atoms with E-state index in [4.69, 9.17) is 9.52 Å². The van der Waals surface area contributed by atoms with Crippen LogP contribution >= 0.6 is 0 Å². The van der Waals surface area contributed by atoms with Crippen LogP contribution in [0.5, 0.6) is 0 Å². The second-order valence-corrected chi connectivity index (χ2v) is 12.2. The number of amides is 1. The maximum Gasteiger partial charge on any atom is 0.308 e. The highest BCUT2D eigenvalue weighted by molar-refractivity contribution is 6.04. The van der Waals surface area contributed by atoms with Crippen LogP contribution in [0.4, 0.5) is 5.69 Å². The summed E-state index contributed by atoms with van der Waals surface area (Å²) >= 11 is 0. The van der Waals surface area contributed by atoms with Gasteiger partial charge in [-0.3, -0.25) is 9.59 Å². The number of anilines is 1. The van der Waals surface area contributed by atoms with Crippen molar-refractivity contribution >= 4 is 17.6 Å². The fourth-order valence-electron chi connectivity index (χ4n) is 6.80. The lowest BCUT2D eigenvalue weighted by molar-refractivity contribution is -0.143. The molecule has 1 aromatic heterocycles. The number of rotatable bonds is 14. The third-order valence-corrected chi connectivity index (χ3v) is 9.39. The second kappa shape index (κ2) is 14.8. The molecule has 1 saturated carbocycles. The van der Waals surface area contributed by atoms with E-state index in [9.17, 15) is 14.7 Å². The number of piperidine rings is 1. The number of aliphatic hydroxyl groups excluding tert-OH is 1. The van der Waals surface area contributed by atoms with E-state index in [0.29, 0.717) is 17.6 Å². The fourth-order valence-corrected chi connectivity index (χ4v) is 6.80. The highest BCUT2D eigenvalue weighted by Gasteiger charge is 2.34. The number of nitrogens with zero attached hydrogens (tertiary/aromatic N) is 2. The van der Waals surface area contributed by atoms with Gasteiger partial charge in [0.2, 0.25) is 0 Å². The predicted octanol–water partition coefficient (Wildman–Crippen LogP) is 6.68. The van der Waals surface area contributed by atoms with Gasteiger partial charge in [0.25, 0.3) is 5.91 Å². The average molecular weight is 553 g/mol. The number of hydrogen-bond donors (Lipinski definition) is 2. The predicted molar refractivity (Wildman–Crippen MR) is 158 cm³/mol. The summed E-state index contributed by atoms with van der Waals surface area (Å²) in [6.45, 7) is 4.88. The molecule has 2 aromatic rings. The Bertz CT molecular complexity index is 1040. The van der Waals surface area contributed by atoms with Gasteiger partial charge < -0.3 is 24.4 Å². The minimum atomic E-state index is -0.887. The number of aliphatic carboxylic acids is 1. The van der Waals surface area contributed by atoms with Gasteiger partial charge in [-0.25, -0.2) is 0 Å². The first-order valence-electron chi connectivity index (χ1n) is 15.4. The van der Waals surface area contributed by atoms with Crippen molar-refractivity contribution in [3.05, 3.63) is 54.0 Å². The zero-order chi connectivity index (χ0) is 28.4. The summed E-state index contributed by atoms with van der Waals surface area (Å²) in [5, 5.41) is 18.4. The Morgan fingerprint density at radius 1 is 1.02 bits per heavy atom. The molecule has 4 rings (SSSR count). The number of aryl methyl sites for hydroxylation is 1. The molecular weight excluding hydrogens is 504 g/mol. The Morgan fingerprint density at radius 2 is 1.75 bits per heavy atom. The van der Waals surface area contributed by atoms with E-state index >= 15 is 0 Å². The summed E-state index contributed by atoms with van der Waals surface area (Å²) in [6.07, 6.45) is 16.1. The van der Waals surface area contributed by atoms with Gasteiger partial charge in [-0.1, -0.05) is 56.2 Å². The molecule has 220 valence electrons. The van der Waals surface area contributed by atoms with Crippen molar-refractivity contribution in [1.82, 2.24) is 4.90 Å². The van der Waals surface area contributed by atoms with Crippen molar-refractivity contribution in [1.29, 1.82) is 0 Å². The van der Waals surface area contributed by atoms with Crippen molar-refractivity contribution in [2.45, 2.75) is 96.4 Å². The molecule has 0 radical (unpaired) electrons. The van der Waals surface area contributed by atoms with Crippen molar-refractivity contribution in [2.24, 2.45) is 11.3 Å². The molecule has 40 heavy (non-hydrogen) atoms. The van der Waals surface area contributed by atoms with Crippen molar-refractivity contribution < 1.29 is 24.2 Å². The van der Waals surface area contributed by atoms with Crippen LogP contribution < -0.4 is 4.90 Å². The number of carbonyl (C=O) groups excluding carboxylic acids is 1. The molecular formula is C33H48N2O5. The number of unbranched alkanes of at least 4 members (excludes halogenated alkanes) is 2. The minimum absolute atomic E-state index is 0.0675. The number of carboxylic acids is 1. The zero-order valence-electron chi connectivity index (χ0n) is 24.2. The molecule has 1 saturated heterocycles. The van der Waals surface area contributed by atoms with Gasteiger partial charge in [-0.05, 0) is 88.1 Å². The lowest BCUT2D eigenvalue weighted by atomic mass is 9.68. The fraction of sp³-hybridized carbons (Fsp3) is 0.636. The lowest BCUT2D eigenvalue weighted by Gasteiger charge is -2.42. The molecule has 1 aliphatic carbocycles. The zero-order valence-corrected chi connectivity index (χ0v) is 24.2. The molecule has 7 heteroatoms. The topological polar surface area (TPSA) is 94.2 Å². The van der Waals surface area contributed by atoms with Gasteiger partial charge in [0, 0.05) is 24.8 Å². The number of likely N-dealkylation sites (tertiary alicyclic amines) is 1. The Morgan fingerprint density at radius 3 is 2.38 bits per heavy atom. The van der Waals surface area contributed by atoms with Crippen LogP contribution in [0, 0.1) is 18.3 Å². The van der Waals surface area contributed by atoms with E-state index in [-0.39, 0.29) is 18.6 Å². The van der Waals surface area contributed by atoms with Gasteiger partial charge in [0.05, 0.1) is 18.8 Å². The first-order chi connectivity index (χ1) is 19.4. The van der Waals surface area contributed by atoms with Crippen LogP contribution in [0.1, 0.15) is 99.6 Å². The molecule has 1 amide bonds. The second-order valence-electron chi connectivity index (χ2n) is 12.2. The number of carboxylic acid groups (broad SMARTS) is 1. The standard InChI is InChI=1S/C33H48N2O5/c1-26-11-13-28(14-12-26)35(31(37)30-10-8-24-40-30)29-15-21-34(22-16-29)23-20-33(18-6-3-7-19-33)17-5-2-4-9-27(25-36)32(38)39/h8,10-14,24,27,29,36H,2-7,9,15-23,25H2,1H3,(H,38,39). The monoisotopic (exact) mass is 552 g/mol. The number of aliphatic hydroxyl groups is 1. The molecule has 1 aromatic carbocycles. The van der Waals surface area contributed by atoms with E-state index < -0.39 is 11.9 Å². The minimum Gasteiger partial charge on any atom is -0.481 e. The van der Waals surface area contributed by atoms with Crippen LogP contribution in [0.3, 0.4) is 0 Å². The third-order valence-electron chi connectivity index (χ3n) is 9.39. The quantitative estimate of drug-likeness (QED) is 0.254. The van der Waals surface area contributed by atoms with Crippen LogP contribution in [0.15, 0.2) is 47.1 Å². The molecule has 1 aliphatic heterocycles. The van der Waals surface area contributed by atoms with Gasteiger partial charge in [-0.2, -0.15) is 0 Å². The summed E-state index contributed by atoms with van der Waals surface area (Å²) in [4.78, 5) is 29.2. The summed E-state index contributed by atoms with van der Waals surface area (Å²) in [5.41, 5.74) is 2.51. The first-order valence-corrected chi connectivity index (χ1v) is 15.4. The van der Waals surface area contributed by atoms with Crippen molar-refractivity contribution in [2.75, 3.05) is 31.1 Å². The van der Waals surface area contributed by atoms with Gasteiger partial charge >= 0.3 is 5.97 Å². The Balaban J connectivity index is 1.29. The number of benzene rings is 1. The van der Waals surface area contributed by atoms with E-state index in [1.165, 1.54) is 50.5 Å². The van der Waals surface area contributed by atoms with E-state index in [2.05, 4.69) is 24.0 Å². The van der Waals surface area contributed by atoms with Crippen molar-refractivity contribution in [3.63, 3.8) is 0 Å². The largest absolute Gasteiger partial charge is 0.481 e. The smallest absolute Gasteiger partial charge is 0.308 e.